The number of anilines is 2. The number of aromatic nitrogens is 1. The van der Waals surface area contributed by atoms with Crippen molar-refractivity contribution >= 4 is 37.5 Å². The van der Waals surface area contributed by atoms with Crippen molar-refractivity contribution in [2.75, 3.05) is 10.0 Å². The Morgan fingerprint density at radius 3 is 2.86 bits per heavy atom. The monoisotopic (exact) mass is 367 g/mol. The topological polar surface area (TPSA) is 76.3 Å². The second kappa shape index (κ2) is 4.99. The second-order valence-corrected chi connectivity index (χ2v) is 7.72. The maximum Gasteiger partial charge on any atom is 0.268 e. The lowest BCUT2D eigenvalue weighted by Crippen LogP contribution is -2.36. The van der Waals surface area contributed by atoms with Gasteiger partial charge in [0.25, 0.3) is 10.0 Å². The molecule has 1 aromatic heterocycles. The van der Waals surface area contributed by atoms with Gasteiger partial charge < -0.3 is 5.73 Å². The van der Waals surface area contributed by atoms with Gasteiger partial charge in [-0.25, -0.2) is 13.4 Å². The number of benzene rings is 1. The summed E-state index contributed by atoms with van der Waals surface area (Å²) < 4.78 is 27.9. The number of rotatable bonds is 2. The molecule has 0 radical (unpaired) electrons. The number of hydrogen-bond donors (Lipinski definition) is 1. The summed E-state index contributed by atoms with van der Waals surface area (Å²) >= 11 is 3.24. The van der Waals surface area contributed by atoms with Crippen LogP contribution < -0.4 is 10.0 Å². The van der Waals surface area contributed by atoms with Gasteiger partial charge in [-0.1, -0.05) is 18.2 Å². The van der Waals surface area contributed by atoms with Gasteiger partial charge in [0.15, 0.2) is 0 Å². The molecule has 1 atom stereocenters. The third-order valence-corrected chi connectivity index (χ3v) is 5.92. The number of hydrogen-bond acceptors (Lipinski definition) is 4. The summed E-state index contributed by atoms with van der Waals surface area (Å²) in [5.74, 6) is 0.00906. The molecule has 1 aliphatic rings. The molecule has 5 nitrogen and oxygen atoms in total. The molecule has 2 heterocycles. The molecular formula is C14H14BrN3O2S. The third-order valence-electron chi connectivity index (χ3n) is 3.53. The van der Waals surface area contributed by atoms with Gasteiger partial charge in [0.2, 0.25) is 0 Å². The number of sulfonamides is 1. The fourth-order valence-electron chi connectivity index (χ4n) is 2.65. The second-order valence-electron chi connectivity index (χ2n) is 5.02. The number of halogens is 1. The number of nitrogens with two attached hydrogens (primary N) is 1. The zero-order valence-corrected chi connectivity index (χ0v) is 13.7. The SMILES string of the molecule is CC1Cc2ccccc2N1S(=O)(=O)c1cc(Br)cnc1N. The Labute approximate surface area is 132 Å². The molecule has 0 bridgehead atoms. The van der Waals surface area contributed by atoms with Crippen LogP contribution in [0.1, 0.15) is 12.5 Å². The molecule has 2 aromatic rings. The molecule has 0 aliphatic carbocycles. The van der Waals surface area contributed by atoms with E-state index in [9.17, 15) is 8.42 Å². The molecule has 2 N–H and O–H groups in total. The highest BCUT2D eigenvalue weighted by molar-refractivity contribution is 9.10. The molecule has 1 aromatic carbocycles. The van der Waals surface area contributed by atoms with Crippen molar-refractivity contribution in [3.63, 3.8) is 0 Å². The summed E-state index contributed by atoms with van der Waals surface area (Å²) in [5.41, 5.74) is 7.51. The van der Waals surface area contributed by atoms with Crippen LogP contribution in [0.3, 0.4) is 0 Å². The van der Waals surface area contributed by atoms with E-state index in [1.807, 2.05) is 31.2 Å². The molecule has 0 fully saturated rings. The Hall–Kier alpha value is -1.60. The molecule has 0 saturated carbocycles. The summed E-state index contributed by atoms with van der Waals surface area (Å²) in [5, 5.41) is 0. The quantitative estimate of drug-likeness (QED) is 0.884. The van der Waals surface area contributed by atoms with Gasteiger partial charge in [0.1, 0.15) is 10.7 Å². The Morgan fingerprint density at radius 1 is 1.38 bits per heavy atom. The molecular weight excluding hydrogens is 354 g/mol. The maximum absolute atomic E-state index is 13.0. The van der Waals surface area contributed by atoms with E-state index in [4.69, 9.17) is 5.73 Å². The predicted octanol–water partition coefficient (Wildman–Crippen LogP) is 2.57. The van der Waals surface area contributed by atoms with E-state index in [-0.39, 0.29) is 16.8 Å². The summed E-state index contributed by atoms with van der Waals surface area (Å²) in [6.07, 6.45) is 2.17. The van der Waals surface area contributed by atoms with Crippen molar-refractivity contribution in [1.82, 2.24) is 4.98 Å². The minimum absolute atomic E-state index is 0.00906. The van der Waals surface area contributed by atoms with E-state index in [0.717, 1.165) is 5.56 Å². The first-order valence-electron chi connectivity index (χ1n) is 6.44. The average molecular weight is 368 g/mol. The van der Waals surface area contributed by atoms with Gasteiger partial charge >= 0.3 is 0 Å². The first-order chi connectivity index (χ1) is 9.91. The van der Waals surface area contributed by atoms with Gasteiger partial charge in [-0.15, -0.1) is 0 Å². The standard InChI is InChI=1S/C14H14BrN3O2S/c1-9-6-10-4-2-3-5-12(10)18(9)21(19,20)13-7-11(15)8-17-14(13)16/h2-5,7-9H,6H2,1H3,(H2,16,17). The summed E-state index contributed by atoms with van der Waals surface area (Å²) in [6.45, 7) is 1.89. The molecule has 7 heteroatoms. The molecule has 0 saturated heterocycles. The molecule has 110 valence electrons. The normalized spacial score (nSPS) is 17.8. The van der Waals surface area contributed by atoms with Crippen LogP contribution in [0, 0.1) is 0 Å². The fraction of sp³-hybridized carbons (Fsp3) is 0.214. The van der Waals surface area contributed by atoms with Crippen LogP contribution >= 0.6 is 15.9 Å². The Bertz CT molecular complexity index is 808. The molecule has 0 spiro atoms. The molecule has 1 aliphatic heterocycles. The van der Waals surface area contributed by atoms with Crippen molar-refractivity contribution in [1.29, 1.82) is 0 Å². The van der Waals surface area contributed by atoms with E-state index in [0.29, 0.717) is 16.6 Å². The van der Waals surface area contributed by atoms with Gasteiger partial charge in [-0.2, -0.15) is 0 Å². The Balaban J connectivity index is 2.17. The minimum Gasteiger partial charge on any atom is -0.383 e. The van der Waals surface area contributed by atoms with Gasteiger partial charge in [0, 0.05) is 16.7 Å². The Morgan fingerprint density at radius 2 is 2.10 bits per heavy atom. The van der Waals surface area contributed by atoms with Gasteiger partial charge in [0.05, 0.1) is 5.69 Å². The van der Waals surface area contributed by atoms with Crippen LogP contribution in [0.2, 0.25) is 0 Å². The van der Waals surface area contributed by atoms with Crippen LogP contribution in [-0.4, -0.2) is 19.4 Å². The molecule has 1 unspecified atom stereocenters. The molecule has 0 amide bonds. The van der Waals surface area contributed by atoms with E-state index in [1.54, 1.807) is 0 Å². The van der Waals surface area contributed by atoms with Crippen molar-refractivity contribution in [2.45, 2.75) is 24.3 Å². The van der Waals surface area contributed by atoms with Gasteiger partial charge in [-0.3, -0.25) is 4.31 Å². The molecule has 3 rings (SSSR count). The summed E-state index contributed by atoms with van der Waals surface area (Å²) in [7, 11) is -3.74. The van der Waals surface area contributed by atoms with E-state index >= 15 is 0 Å². The van der Waals surface area contributed by atoms with Crippen molar-refractivity contribution in [3.05, 3.63) is 46.6 Å². The zero-order valence-electron chi connectivity index (χ0n) is 11.3. The zero-order chi connectivity index (χ0) is 15.2. The van der Waals surface area contributed by atoms with Crippen LogP contribution in [0.25, 0.3) is 0 Å². The lowest BCUT2D eigenvalue weighted by Gasteiger charge is -2.24. The largest absolute Gasteiger partial charge is 0.383 e. The first kappa shape index (κ1) is 14.3. The number of nitrogen functional groups attached to an aromatic ring is 1. The Kier molecular flexibility index (Phi) is 3.41. The highest BCUT2D eigenvalue weighted by Gasteiger charge is 2.37. The number of para-hydroxylation sites is 1. The van der Waals surface area contributed by atoms with Crippen molar-refractivity contribution < 1.29 is 8.42 Å². The summed E-state index contributed by atoms with van der Waals surface area (Å²) in [6, 6.07) is 8.86. The average Bonchev–Trinajstić information content (AvgIpc) is 2.77. The van der Waals surface area contributed by atoms with E-state index < -0.39 is 10.0 Å². The van der Waals surface area contributed by atoms with Crippen LogP contribution in [0.15, 0.2) is 45.9 Å². The highest BCUT2D eigenvalue weighted by atomic mass is 79.9. The lowest BCUT2D eigenvalue weighted by atomic mass is 10.1. The van der Waals surface area contributed by atoms with Crippen LogP contribution in [0.5, 0.6) is 0 Å². The highest BCUT2D eigenvalue weighted by Crippen LogP contribution is 2.37. The predicted molar refractivity (Wildman–Crippen MR) is 85.6 cm³/mol. The minimum atomic E-state index is -3.74. The fourth-order valence-corrected chi connectivity index (χ4v) is 4.92. The molecule has 21 heavy (non-hydrogen) atoms. The number of pyridine rings is 1. The van der Waals surface area contributed by atoms with Crippen LogP contribution in [0.4, 0.5) is 11.5 Å². The van der Waals surface area contributed by atoms with Crippen molar-refractivity contribution in [3.8, 4) is 0 Å². The van der Waals surface area contributed by atoms with Gasteiger partial charge in [-0.05, 0) is 47.0 Å². The lowest BCUT2D eigenvalue weighted by molar-refractivity contribution is 0.584. The third kappa shape index (κ3) is 2.30. The van der Waals surface area contributed by atoms with E-state index in [2.05, 4.69) is 20.9 Å². The smallest absolute Gasteiger partial charge is 0.268 e. The van der Waals surface area contributed by atoms with Crippen molar-refractivity contribution in [2.24, 2.45) is 0 Å². The van der Waals surface area contributed by atoms with Crippen LogP contribution in [-0.2, 0) is 16.4 Å². The first-order valence-corrected chi connectivity index (χ1v) is 8.68. The maximum atomic E-state index is 13.0. The van der Waals surface area contributed by atoms with E-state index in [1.165, 1.54) is 16.6 Å². The number of nitrogens with zero attached hydrogens (tertiary/aromatic N) is 2. The number of fused-ring (bicyclic) bond motifs is 1. The summed E-state index contributed by atoms with van der Waals surface area (Å²) in [4.78, 5) is 3.95.